The molecule has 0 fully saturated rings. The Morgan fingerprint density at radius 2 is 1.95 bits per heavy atom. The molecule has 5 nitrogen and oxygen atoms in total. The van der Waals surface area contributed by atoms with Gasteiger partial charge in [-0.05, 0) is 36.8 Å². The van der Waals surface area contributed by atoms with Gasteiger partial charge in [0.05, 0.1) is 17.2 Å². The molecule has 5 heteroatoms. The van der Waals surface area contributed by atoms with Crippen molar-refractivity contribution in [2.24, 2.45) is 0 Å². The van der Waals surface area contributed by atoms with E-state index in [2.05, 4.69) is 5.32 Å². The molecule has 2 aromatic rings. The SMILES string of the molecule is Cc1ccccc1NC(=O)COC(=O)c1cccc(C#N)c1. The Kier molecular flexibility index (Phi) is 4.89. The summed E-state index contributed by atoms with van der Waals surface area (Å²) < 4.78 is 4.94. The van der Waals surface area contributed by atoms with Gasteiger partial charge in [0.15, 0.2) is 6.61 Å². The largest absolute Gasteiger partial charge is 0.452 e. The fourth-order valence-electron chi connectivity index (χ4n) is 1.83. The molecule has 0 aromatic heterocycles. The zero-order valence-corrected chi connectivity index (χ0v) is 12.0. The molecule has 0 spiro atoms. The molecule has 1 N–H and O–H groups in total. The Labute approximate surface area is 128 Å². The summed E-state index contributed by atoms with van der Waals surface area (Å²) in [5, 5.41) is 11.5. The topological polar surface area (TPSA) is 79.2 Å². The van der Waals surface area contributed by atoms with E-state index in [0.29, 0.717) is 11.3 Å². The minimum Gasteiger partial charge on any atom is -0.452 e. The van der Waals surface area contributed by atoms with E-state index < -0.39 is 11.9 Å². The lowest BCUT2D eigenvalue weighted by Crippen LogP contribution is -2.21. The van der Waals surface area contributed by atoms with Crippen LogP contribution in [-0.4, -0.2) is 18.5 Å². The molecule has 0 aliphatic heterocycles. The average molecular weight is 294 g/mol. The number of carbonyl (C=O) groups excluding carboxylic acids is 2. The normalized spacial score (nSPS) is 9.64. The van der Waals surface area contributed by atoms with Crippen LogP contribution >= 0.6 is 0 Å². The van der Waals surface area contributed by atoms with Gasteiger partial charge in [0.1, 0.15) is 0 Å². The number of nitrogens with zero attached hydrogens (tertiary/aromatic N) is 1. The van der Waals surface area contributed by atoms with Crippen molar-refractivity contribution in [2.75, 3.05) is 11.9 Å². The maximum Gasteiger partial charge on any atom is 0.338 e. The van der Waals surface area contributed by atoms with Crippen molar-refractivity contribution in [3.8, 4) is 6.07 Å². The molecule has 2 aromatic carbocycles. The van der Waals surface area contributed by atoms with Gasteiger partial charge < -0.3 is 10.1 Å². The number of para-hydroxylation sites is 1. The van der Waals surface area contributed by atoms with Gasteiger partial charge >= 0.3 is 5.97 Å². The highest BCUT2D eigenvalue weighted by atomic mass is 16.5. The summed E-state index contributed by atoms with van der Waals surface area (Å²) in [6, 6.07) is 15.4. The minimum absolute atomic E-state index is 0.239. The van der Waals surface area contributed by atoms with Gasteiger partial charge in [0, 0.05) is 5.69 Å². The van der Waals surface area contributed by atoms with Crippen molar-refractivity contribution in [1.82, 2.24) is 0 Å². The first-order valence-corrected chi connectivity index (χ1v) is 6.63. The Morgan fingerprint density at radius 1 is 1.18 bits per heavy atom. The smallest absolute Gasteiger partial charge is 0.338 e. The molecule has 0 saturated heterocycles. The lowest BCUT2D eigenvalue weighted by Gasteiger charge is -2.08. The number of ether oxygens (including phenoxy) is 1. The predicted octanol–water partition coefficient (Wildman–Crippen LogP) is 2.66. The molecule has 1 amide bonds. The van der Waals surface area contributed by atoms with Crippen LogP contribution in [0, 0.1) is 18.3 Å². The Hall–Kier alpha value is -3.13. The van der Waals surface area contributed by atoms with Crippen LogP contribution in [0.2, 0.25) is 0 Å². The van der Waals surface area contributed by atoms with E-state index in [-0.39, 0.29) is 12.2 Å². The molecule has 0 aliphatic rings. The van der Waals surface area contributed by atoms with E-state index in [1.807, 2.05) is 31.2 Å². The lowest BCUT2D eigenvalue weighted by molar-refractivity contribution is -0.119. The molecular weight excluding hydrogens is 280 g/mol. The third-order valence-electron chi connectivity index (χ3n) is 2.98. The van der Waals surface area contributed by atoms with E-state index in [4.69, 9.17) is 10.00 Å². The first-order valence-electron chi connectivity index (χ1n) is 6.63. The molecule has 0 aliphatic carbocycles. The summed E-state index contributed by atoms with van der Waals surface area (Å²) in [5.41, 5.74) is 2.19. The molecule has 0 heterocycles. The first-order chi connectivity index (χ1) is 10.6. The van der Waals surface area contributed by atoms with Crippen LogP contribution in [-0.2, 0) is 9.53 Å². The number of hydrogen-bond acceptors (Lipinski definition) is 4. The van der Waals surface area contributed by atoms with Crippen LogP contribution in [0.25, 0.3) is 0 Å². The number of carbonyl (C=O) groups is 2. The Morgan fingerprint density at radius 3 is 2.68 bits per heavy atom. The molecule has 0 bridgehead atoms. The van der Waals surface area contributed by atoms with Crippen molar-refractivity contribution in [2.45, 2.75) is 6.92 Å². The van der Waals surface area contributed by atoms with E-state index in [1.165, 1.54) is 12.1 Å². The van der Waals surface area contributed by atoms with Gasteiger partial charge in [-0.3, -0.25) is 4.79 Å². The van der Waals surface area contributed by atoms with Crippen LogP contribution in [0.5, 0.6) is 0 Å². The second kappa shape index (κ2) is 7.04. The van der Waals surface area contributed by atoms with Crippen LogP contribution < -0.4 is 5.32 Å². The maximum absolute atomic E-state index is 11.8. The molecule has 0 saturated carbocycles. The zero-order chi connectivity index (χ0) is 15.9. The highest BCUT2D eigenvalue weighted by Crippen LogP contribution is 2.13. The quantitative estimate of drug-likeness (QED) is 0.879. The number of aryl methyl sites for hydroxylation is 1. The van der Waals surface area contributed by atoms with Gasteiger partial charge in [0.2, 0.25) is 0 Å². The van der Waals surface area contributed by atoms with Crippen molar-refractivity contribution in [1.29, 1.82) is 5.26 Å². The molecular formula is C17H14N2O3. The summed E-state index contributed by atoms with van der Waals surface area (Å²) in [7, 11) is 0. The van der Waals surface area contributed by atoms with E-state index in [0.717, 1.165) is 5.56 Å². The van der Waals surface area contributed by atoms with Gasteiger partial charge in [-0.1, -0.05) is 24.3 Å². The number of benzene rings is 2. The van der Waals surface area contributed by atoms with Gasteiger partial charge in [0.25, 0.3) is 5.91 Å². The average Bonchev–Trinajstić information content (AvgIpc) is 2.55. The minimum atomic E-state index is -0.642. The third kappa shape index (κ3) is 3.93. The summed E-state index contributed by atoms with van der Waals surface area (Å²) >= 11 is 0. The number of rotatable bonds is 4. The molecule has 2 rings (SSSR count). The molecule has 0 unspecified atom stereocenters. The fraction of sp³-hybridized carbons (Fsp3) is 0.118. The highest BCUT2D eigenvalue weighted by Gasteiger charge is 2.11. The third-order valence-corrected chi connectivity index (χ3v) is 2.98. The summed E-state index contributed by atoms with van der Waals surface area (Å²) in [6.07, 6.45) is 0. The second-order valence-electron chi connectivity index (χ2n) is 4.63. The number of hydrogen-bond donors (Lipinski definition) is 1. The Balaban J connectivity index is 1.92. The zero-order valence-electron chi connectivity index (χ0n) is 12.0. The van der Waals surface area contributed by atoms with Gasteiger partial charge in [-0.15, -0.1) is 0 Å². The monoisotopic (exact) mass is 294 g/mol. The van der Waals surface area contributed by atoms with Crippen molar-refractivity contribution in [3.05, 3.63) is 65.2 Å². The van der Waals surface area contributed by atoms with Crippen molar-refractivity contribution >= 4 is 17.6 Å². The maximum atomic E-state index is 11.8. The number of anilines is 1. The van der Waals surface area contributed by atoms with Gasteiger partial charge in [-0.25, -0.2) is 4.79 Å². The number of amides is 1. The molecule has 0 atom stereocenters. The second-order valence-corrected chi connectivity index (χ2v) is 4.63. The number of nitrogens with one attached hydrogen (secondary N) is 1. The highest BCUT2D eigenvalue weighted by molar-refractivity contribution is 5.96. The fourth-order valence-corrected chi connectivity index (χ4v) is 1.83. The van der Waals surface area contributed by atoms with E-state index in [9.17, 15) is 9.59 Å². The summed E-state index contributed by atoms with van der Waals surface area (Å²) in [5.74, 6) is -1.06. The van der Waals surface area contributed by atoms with E-state index in [1.54, 1.807) is 18.2 Å². The van der Waals surface area contributed by atoms with Crippen molar-refractivity contribution < 1.29 is 14.3 Å². The van der Waals surface area contributed by atoms with Crippen LogP contribution in [0.3, 0.4) is 0 Å². The number of nitriles is 1. The van der Waals surface area contributed by atoms with Crippen LogP contribution in [0.4, 0.5) is 5.69 Å². The van der Waals surface area contributed by atoms with Crippen LogP contribution in [0.1, 0.15) is 21.5 Å². The summed E-state index contributed by atoms with van der Waals surface area (Å²) in [4.78, 5) is 23.6. The van der Waals surface area contributed by atoms with E-state index >= 15 is 0 Å². The number of esters is 1. The standard InChI is InChI=1S/C17H14N2O3/c1-12-5-2-3-8-15(12)19-16(20)11-22-17(21)14-7-4-6-13(9-14)10-18/h2-9H,11H2,1H3,(H,19,20). The van der Waals surface area contributed by atoms with Crippen molar-refractivity contribution in [3.63, 3.8) is 0 Å². The summed E-state index contributed by atoms with van der Waals surface area (Å²) in [6.45, 7) is 1.49. The molecule has 22 heavy (non-hydrogen) atoms. The Bertz CT molecular complexity index is 748. The molecule has 0 radical (unpaired) electrons. The lowest BCUT2D eigenvalue weighted by atomic mass is 10.1. The predicted molar refractivity (Wildman–Crippen MR) is 81.2 cm³/mol. The molecule has 110 valence electrons. The van der Waals surface area contributed by atoms with Gasteiger partial charge in [-0.2, -0.15) is 5.26 Å². The first kappa shape index (κ1) is 15.3. The van der Waals surface area contributed by atoms with Crippen LogP contribution in [0.15, 0.2) is 48.5 Å².